The Morgan fingerprint density at radius 1 is 0.784 bits per heavy atom. The highest BCUT2D eigenvalue weighted by Crippen LogP contribution is 2.33. The van der Waals surface area contributed by atoms with Crippen LogP contribution in [0.1, 0.15) is 28.8 Å². The number of ketones is 1. The van der Waals surface area contributed by atoms with Gasteiger partial charge >= 0.3 is 0 Å². The molecule has 0 radical (unpaired) electrons. The van der Waals surface area contributed by atoms with Gasteiger partial charge in [-0.3, -0.25) is 9.59 Å². The van der Waals surface area contributed by atoms with E-state index in [0.29, 0.717) is 48.1 Å². The van der Waals surface area contributed by atoms with Crippen molar-refractivity contribution in [2.75, 3.05) is 80.2 Å². The summed E-state index contributed by atoms with van der Waals surface area (Å²) in [6, 6.07) is 9.33. The summed E-state index contributed by atoms with van der Waals surface area (Å²) >= 11 is 0. The molecule has 1 aliphatic rings. The minimum Gasteiger partial charge on any atom is -0.493 e. The molecule has 0 unspecified atom stereocenters. The van der Waals surface area contributed by atoms with Gasteiger partial charge in [0, 0.05) is 44.0 Å². The average Bonchev–Trinajstić information content (AvgIpc) is 3.03. The van der Waals surface area contributed by atoms with Crippen molar-refractivity contribution in [3.05, 3.63) is 41.5 Å². The number of fused-ring (bicyclic) bond motifs is 1. The SMILES string of the molecule is COc1ccc(N(C)CCCN(C)CCCN2CCc3cc(OC)c(OC)cc3C(=O)C2=O)cc1OC. The summed E-state index contributed by atoms with van der Waals surface area (Å²) in [6.07, 6.45) is 2.39. The maximum atomic E-state index is 12.9. The molecule has 1 aliphatic heterocycles. The number of amides is 1. The third-order valence-electron chi connectivity index (χ3n) is 6.80. The van der Waals surface area contributed by atoms with E-state index in [0.717, 1.165) is 43.7 Å². The molecule has 0 saturated carbocycles. The molecule has 1 heterocycles. The van der Waals surface area contributed by atoms with Gasteiger partial charge in [0.15, 0.2) is 23.0 Å². The number of Topliss-reactive ketones (excluding diaryl/α,β-unsaturated/α-hetero) is 1. The first kappa shape index (κ1) is 28.1. The van der Waals surface area contributed by atoms with Gasteiger partial charge in [0.1, 0.15) is 0 Å². The zero-order chi connectivity index (χ0) is 26.9. The van der Waals surface area contributed by atoms with Crippen molar-refractivity contribution in [3.63, 3.8) is 0 Å². The molecule has 9 heteroatoms. The van der Waals surface area contributed by atoms with Gasteiger partial charge < -0.3 is 33.6 Å². The summed E-state index contributed by atoms with van der Waals surface area (Å²) < 4.78 is 21.4. The smallest absolute Gasteiger partial charge is 0.294 e. The molecule has 37 heavy (non-hydrogen) atoms. The molecule has 0 aromatic heterocycles. The summed E-state index contributed by atoms with van der Waals surface area (Å²) in [5.74, 6) is 1.51. The first-order chi connectivity index (χ1) is 17.8. The third-order valence-corrected chi connectivity index (χ3v) is 6.80. The fraction of sp³-hybridized carbons (Fsp3) is 0.500. The third kappa shape index (κ3) is 6.85. The van der Waals surface area contributed by atoms with Crippen molar-refractivity contribution in [2.24, 2.45) is 0 Å². The number of nitrogens with zero attached hydrogens (tertiary/aromatic N) is 3. The molecule has 2 aromatic carbocycles. The summed E-state index contributed by atoms with van der Waals surface area (Å²) in [6.45, 7) is 3.71. The lowest BCUT2D eigenvalue weighted by Gasteiger charge is -2.24. The van der Waals surface area contributed by atoms with E-state index in [1.54, 1.807) is 38.4 Å². The Morgan fingerprint density at radius 2 is 1.41 bits per heavy atom. The number of carbonyl (C=O) groups excluding carboxylic acids is 2. The normalized spacial score (nSPS) is 13.3. The highest BCUT2D eigenvalue weighted by atomic mass is 16.5. The van der Waals surface area contributed by atoms with Crippen LogP contribution in [-0.4, -0.2) is 96.7 Å². The number of anilines is 1. The summed E-state index contributed by atoms with van der Waals surface area (Å²) in [7, 11) is 10.5. The minimum atomic E-state index is -0.486. The Balaban J connectivity index is 1.46. The molecule has 0 bridgehead atoms. The molecule has 0 N–H and O–H groups in total. The summed E-state index contributed by atoms with van der Waals surface area (Å²) in [5.41, 5.74) is 2.29. The predicted octanol–water partition coefficient (Wildman–Crippen LogP) is 3.14. The van der Waals surface area contributed by atoms with Gasteiger partial charge in [-0.15, -0.1) is 0 Å². The average molecular weight is 514 g/mol. The van der Waals surface area contributed by atoms with E-state index < -0.39 is 11.7 Å². The van der Waals surface area contributed by atoms with Crippen LogP contribution in [0.25, 0.3) is 0 Å². The molecule has 202 valence electrons. The molecular weight excluding hydrogens is 474 g/mol. The van der Waals surface area contributed by atoms with Gasteiger partial charge in [-0.2, -0.15) is 0 Å². The van der Waals surface area contributed by atoms with Crippen LogP contribution in [0.4, 0.5) is 5.69 Å². The van der Waals surface area contributed by atoms with Gasteiger partial charge in [-0.1, -0.05) is 0 Å². The number of carbonyl (C=O) groups is 2. The van der Waals surface area contributed by atoms with E-state index in [2.05, 4.69) is 23.9 Å². The van der Waals surface area contributed by atoms with Gasteiger partial charge in [0.2, 0.25) is 0 Å². The quantitative estimate of drug-likeness (QED) is 0.378. The second kappa shape index (κ2) is 13.2. The maximum Gasteiger partial charge on any atom is 0.294 e. The van der Waals surface area contributed by atoms with Crippen molar-refractivity contribution < 1.29 is 28.5 Å². The zero-order valence-corrected chi connectivity index (χ0v) is 22.8. The molecule has 0 spiro atoms. The van der Waals surface area contributed by atoms with Crippen LogP contribution in [0.15, 0.2) is 30.3 Å². The Bertz CT molecular complexity index is 1090. The van der Waals surface area contributed by atoms with Crippen molar-refractivity contribution in [1.29, 1.82) is 0 Å². The van der Waals surface area contributed by atoms with Gasteiger partial charge in [0.25, 0.3) is 11.7 Å². The van der Waals surface area contributed by atoms with Crippen LogP contribution < -0.4 is 23.8 Å². The van der Waals surface area contributed by atoms with E-state index in [9.17, 15) is 9.59 Å². The van der Waals surface area contributed by atoms with Crippen LogP contribution in [-0.2, 0) is 11.2 Å². The largest absolute Gasteiger partial charge is 0.493 e. The Morgan fingerprint density at radius 3 is 2.08 bits per heavy atom. The van der Waals surface area contributed by atoms with Crippen LogP contribution in [0, 0.1) is 0 Å². The number of hydrogen-bond acceptors (Lipinski definition) is 8. The van der Waals surface area contributed by atoms with Crippen LogP contribution in [0.5, 0.6) is 23.0 Å². The van der Waals surface area contributed by atoms with E-state index >= 15 is 0 Å². The van der Waals surface area contributed by atoms with Crippen LogP contribution >= 0.6 is 0 Å². The van der Waals surface area contributed by atoms with E-state index in [1.807, 2.05) is 18.2 Å². The monoisotopic (exact) mass is 513 g/mol. The highest BCUT2D eigenvalue weighted by Gasteiger charge is 2.30. The molecule has 0 saturated heterocycles. The Kier molecular flexibility index (Phi) is 10.0. The highest BCUT2D eigenvalue weighted by molar-refractivity contribution is 6.43. The van der Waals surface area contributed by atoms with Crippen molar-refractivity contribution in [3.8, 4) is 23.0 Å². The number of methoxy groups -OCH3 is 4. The molecule has 0 atom stereocenters. The predicted molar refractivity (Wildman–Crippen MR) is 144 cm³/mol. The molecular formula is C28H39N3O6. The molecule has 3 rings (SSSR count). The molecule has 9 nitrogen and oxygen atoms in total. The topological polar surface area (TPSA) is 80.8 Å². The van der Waals surface area contributed by atoms with Gasteiger partial charge in [-0.25, -0.2) is 0 Å². The second-order valence-electron chi connectivity index (χ2n) is 9.21. The Labute approximate surface area is 219 Å². The fourth-order valence-corrected chi connectivity index (χ4v) is 4.58. The van der Waals surface area contributed by atoms with Crippen LogP contribution in [0.2, 0.25) is 0 Å². The number of rotatable bonds is 13. The first-order valence-electron chi connectivity index (χ1n) is 12.5. The number of benzene rings is 2. The first-order valence-corrected chi connectivity index (χ1v) is 12.5. The summed E-state index contributed by atoms with van der Waals surface area (Å²) in [4.78, 5) is 31.9. The van der Waals surface area contributed by atoms with Gasteiger partial charge in [0.05, 0.1) is 28.4 Å². The molecule has 2 aromatic rings. The number of hydrogen-bond donors (Lipinski definition) is 0. The lowest BCUT2D eigenvalue weighted by atomic mass is 10.0. The molecule has 1 amide bonds. The fourth-order valence-electron chi connectivity index (χ4n) is 4.58. The lowest BCUT2D eigenvalue weighted by Crippen LogP contribution is -2.38. The molecule has 0 fully saturated rings. The lowest BCUT2D eigenvalue weighted by molar-refractivity contribution is -0.126. The van der Waals surface area contributed by atoms with Crippen LogP contribution in [0.3, 0.4) is 0 Å². The van der Waals surface area contributed by atoms with Crippen molar-refractivity contribution in [1.82, 2.24) is 9.80 Å². The molecule has 0 aliphatic carbocycles. The van der Waals surface area contributed by atoms with E-state index in [4.69, 9.17) is 18.9 Å². The van der Waals surface area contributed by atoms with E-state index in [1.165, 1.54) is 7.11 Å². The second-order valence-corrected chi connectivity index (χ2v) is 9.21. The number of ether oxygens (including phenoxy) is 4. The maximum absolute atomic E-state index is 12.9. The van der Waals surface area contributed by atoms with E-state index in [-0.39, 0.29) is 0 Å². The summed E-state index contributed by atoms with van der Waals surface area (Å²) in [5, 5.41) is 0. The standard InChI is InChI=1S/C28H39N3O6/c1-29(12-7-14-30(2)21-9-10-23(34-3)25(18-21)36-5)13-8-15-31-16-11-20-17-24(35-4)26(37-6)19-22(20)27(32)28(31)33/h9-10,17-19H,7-8,11-16H2,1-6H3. The Hall–Kier alpha value is -3.46. The van der Waals surface area contributed by atoms with Gasteiger partial charge in [-0.05, 0) is 69.2 Å². The minimum absolute atomic E-state index is 0.404. The van der Waals surface area contributed by atoms with Crippen molar-refractivity contribution >= 4 is 17.4 Å². The zero-order valence-electron chi connectivity index (χ0n) is 22.8. The van der Waals surface area contributed by atoms with Crippen molar-refractivity contribution in [2.45, 2.75) is 19.3 Å².